The number of carboxylic acids is 1. The number of carbonyl (C=O) groups excluding carboxylic acids is 1. The Balaban J connectivity index is 4.30. The molecule has 0 aliphatic heterocycles. The van der Waals surface area contributed by atoms with E-state index in [1.54, 1.807) is 0 Å². The molecule has 0 rings (SSSR count). The van der Waals surface area contributed by atoms with Crippen molar-refractivity contribution in [2.24, 2.45) is 11.8 Å². The first-order chi connectivity index (χ1) is 7.93. The fourth-order valence-electron chi connectivity index (χ4n) is 1.35. The molecule has 0 saturated carbocycles. The molecule has 0 aromatic heterocycles. The minimum Gasteiger partial charge on any atom is -0.481 e. The van der Waals surface area contributed by atoms with Crippen LogP contribution >= 0.6 is 0 Å². The van der Waals surface area contributed by atoms with Crippen molar-refractivity contribution in [1.82, 2.24) is 10.2 Å². The summed E-state index contributed by atoms with van der Waals surface area (Å²) in [5, 5.41) is 11.6. The molecule has 1 atom stereocenters. The van der Waals surface area contributed by atoms with Gasteiger partial charge in [-0.05, 0) is 12.8 Å². The van der Waals surface area contributed by atoms with Crippen molar-refractivity contribution in [3.63, 3.8) is 0 Å². The average molecular weight is 240 g/mol. The first-order valence-corrected chi connectivity index (χ1v) is 5.63. The van der Waals surface area contributed by atoms with Crippen LogP contribution < -0.4 is 5.32 Å². The molecule has 5 nitrogen and oxygen atoms in total. The summed E-state index contributed by atoms with van der Waals surface area (Å²) in [7, 11) is 0. The topological polar surface area (TPSA) is 69.6 Å². The number of hydrogen-bond donors (Lipinski definition) is 2. The van der Waals surface area contributed by atoms with Gasteiger partial charge >= 0.3 is 12.0 Å². The lowest BCUT2D eigenvalue weighted by atomic mass is 9.96. The lowest BCUT2D eigenvalue weighted by Gasteiger charge is -2.21. The van der Waals surface area contributed by atoms with Crippen molar-refractivity contribution in [2.45, 2.75) is 20.8 Å². The second-order valence-corrected chi connectivity index (χ2v) is 4.09. The summed E-state index contributed by atoms with van der Waals surface area (Å²) >= 11 is 0. The Bertz CT molecular complexity index is 307. The SMILES string of the molecule is C#CCN(CC)C(=O)NCC(C(=O)O)C(C)C. The van der Waals surface area contributed by atoms with Crippen LogP contribution in [-0.4, -0.2) is 41.6 Å². The van der Waals surface area contributed by atoms with Gasteiger partial charge in [-0.2, -0.15) is 0 Å². The van der Waals surface area contributed by atoms with Crippen LogP contribution in [0.1, 0.15) is 20.8 Å². The van der Waals surface area contributed by atoms with Crippen LogP contribution in [0.25, 0.3) is 0 Å². The molecule has 2 amide bonds. The summed E-state index contributed by atoms with van der Waals surface area (Å²) in [6, 6.07) is -0.322. The van der Waals surface area contributed by atoms with Crippen LogP contribution in [0.2, 0.25) is 0 Å². The molecule has 0 bridgehead atoms. The Hall–Kier alpha value is -1.70. The highest BCUT2D eigenvalue weighted by Crippen LogP contribution is 2.09. The van der Waals surface area contributed by atoms with E-state index in [2.05, 4.69) is 11.2 Å². The first kappa shape index (κ1) is 15.3. The molecule has 0 heterocycles. The molecule has 96 valence electrons. The van der Waals surface area contributed by atoms with Gasteiger partial charge in [0.2, 0.25) is 0 Å². The fraction of sp³-hybridized carbons (Fsp3) is 0.667. The molecule has 17 heavy (non-hydrogen) atoms. The van der Waals surface area contributed by atoms with Crippen LogP contribution in [0.3, 0.4) is 0 Å². The summed E-state index contributed by atoms with van der Waals surface area (Å²) in [4.78, 5) is 24.0. The molecule has 0 aromatic carbocycles. The van der Waals surface area contributed by atoms with Gasteiger partial charge in [0.25, 0.3) is 0 Å². The summed E-state index contributed by atoms with van der Waals surface area (Å²) in [5.41, 5.74) is 0. The van der Waals surface area contributed by atoms with Gasteiger partial charge in [-0.3, -0.25) is 4.79 Å². The van der Waals surface area contributed by atoms with Crippen molar-refractivity contribution in [3.05, 3.63) is 0 Å². The molecule has 0 fully saturated rings. The van der Waals surface area contributed by atoms with E-state index in [0.29, 0.717) is 6.54 Å². The lowest BCUT2D eigenvalue weighted by Crippen LogP contribution is -2.43. The second kappa shape index (κ2) is 7.55. The molecule has 5 heteroatoms. The van der Waals surface area contributed by atoms with Gasteiger partial charge in [0, 0.05) is 13.1 Å². The van der Waals surface area contributed by atoms with E-state index in [-0.39, 0.29) is 25.0 Å². The highest BCUT2D eigenvalue weighted by molar-refractivity contribution is 5.76. The van der Waals surface area contributed by atoms with E-state index < -0.39 is 11.9 Å². The summed E-state index contributed by atoms with van der Waals surface area (Å²) in [5.74, 6) is 0.867. The van der Waals surface area contributed by atoms with Crippen LogP contribution in [0, 0.1) is 24.2 Å². The number of nitrogens with zero attached hydrogens (tertiary/aromatic N) is 1. The number of amides is 2. The molecule has 0 saturated heterocycles. The van der Waals surface area contributed by atoms with E-state index >= 15 is 0 Å². The summed E-state index contributed by atoms with van der Waals surface area (Å²) in [6.45, 7) is 6.27. The molecular formula is C12H20N2O3. The quantitative estimate of drug-likeness (QED) is 0.681. The first-order valence-electron chi connectivity index (χ1n) is 5.63. The number of urea groups is 1. The molecule has 0 aliphatic rings. The van der Waals surface area contributed by atoms with Crippen LogP contribution in [0.4, 0.5) is 4.79 Å². The molecule has 0 spiro atoms. The van der Waals surface area contributed by atoms with E-state index in [4.69, 9.17) is 11.5 Å². The fourth-order valence-corrected chi connectivity index (χ4v) is 1.35. The zero-order valence-corrected chi connectivity index (χ0v) is 10.6. The van der Waals surface area contributed by atoms with Gasteiger partial charge in [0.05, 0.1) is 12.5 Å². The minimum absolute atomic E-state index is 0.0319. The summed E-state index contributed by atoms with van der Waals surface area (Å²) in [6.07, 6.45) is 5.13. The van der Waals surface area contributed by atoms with Crippen molar-refractivity contribution in [1.29, 1.82) is 0 Å². The van der Waals surface area contributed by atoms with Crippen molar-refractivity contribution in [3.8, 4) is 12.3 Å². The highest BCUT2D eigenvalue weighted by Gasteiger charge is 2.22. The third kappa shape index (κ3) is 5.25. The van der Waals surface area contributed by atoms with Crippen LogP contribution in [0.5, 0.6) is 0 Å². The molecule has 0 aliphatic carbocycles. The third-order valence-corrected chi connectivity index (χ3v) is 2.55. The molecule has 2 N–H and O–H groups in total. The molecule has 0 aromatic rings. The monoisotopic (exact) mass is 240 g/mol. The highest BCUT2D eigenvalue weighted by atomic mass is 16.4. The van der Waals surface area contributed by atoms with E-state index in [1.807, 2.05) is 20.8 Å². The number of rotatable bonds is 6. The zero-order chi connectivity index (χ0) is 13.4. The second-order valence-electron chi connectivity index (χ2n) is 4.09. The van der Waals surface area contributed by atoms with E-state index in [9.17, 15) is 9.59 Å². The average Bonchev–Trinajstić information content (AvgIpc) is 2.24. The molecule has 1 unspecified atom stereocenters. The van der Waals surface area contributed by atoms with Gasteiger partial charge in [-0.1, -0.05) is 19.8 Å². The predicted octanol–water partition coefficient (Wildman–Crippen LogP) is 1.01. The Labute approximate surface area is 102 Å². The Morgan fingerprint density at radius 2 is 2.06 bits per heavy atom. The zero-order valence-electron chi connectivity index (χ0n) is 10.6. The van der Waals surface area contributed by atoms with Gasteiger partial charge in [0.1, 0.15) is 0 Å². The predicted molar refractivity (Wildman–Crippen MR) is 65.4 cm³/mol. The normalized spacial score (nSPS) is 11.7. The number of aliphatic carboxylic acids is 1. The van der Waals surface area contributed by atoms with Gasteiger partial charge in [-0.15, -0.1) is 6.42 Å². The number of nitrogens with one attached hydrogen (secondary N) is 1. The van der Waals surface area contributed by atoms with Crippen LogP contribution in [-0.2, 0) is 4.79 Å². The van der Waals surface area contributed by atoms with Crippen LogP contribution in [0.15, 0.2) is 0 Å². The Morgan fingerprint density at radius 3 is 2.41 bits per heavy atom. The number of hydrogen-bond acceptors (Lipinski definition) is 2. The smallest absolute Gasteiger partial charge is 0.318 e. The van der Waals surface area contributed by atoms with Crippen molar-refractivity contribution < 1.29 is 14.7 Å². The third-order valence-electron chi connectivity index (χ3n) is 2.55. The standard InChI is InChI=1S/C12H20N2O3/c1-5-7-14(6-2)12(17)13-8-10(9(3)4)11(15)16/h1,9-10H,6-8H2,2-4H3,(H,13,17)(H,15,16). The van der Waals surface area contributed by atoms with Crippen molar-refractivity contribution >= 4 is 12.0 Å². The Morgan fingerprint density at radius 1 is 1.47 bits per heavy atom. The Kier molecular flexibility index (Phi) is 6.80. The number of carbonyl (C=O) groups is 2. The van der Waals surface area contributed by atoms with Gasteiger partial charge < -0.3 is 15.3 Å². The number of terminal acetylenes is 1. The van der Waals surface area contributed by atoms with E-state index in [1.165, 1.54) is 4.90 Å². The minimum atomic E-state index is -0.903. The molecular weight excluding hydrogens is 220 g/mol. The van der Waals surface area contributed by atoms with Gasteiger partial charge in [0.15, 0.2) is 0 Å². The van der Waals surface area contributed by atoms with E-state index in [0.717, 1.165) is 0 Å². The number of carboxylic acid groups (broad SMARTS) is 1. The van der Waals surface area contributed by atoms with Gasteiger partial charge in [-0.25, -0.2) is 4.79 Å². The maximum atomic E-state index is 11.6. The maximum Gasteiger partial charge on any atom is 0.318 e. The molecule has 0 radical (unpaired) electrons. The van der Waals surface area contributed by atoms with Crippen molar-refractivity contribution in [2.75, 3.05) is 19.6 Å². The maximum absolute atomic E-state index is 11.6. The largest absolute Gasteiger partial charge is 0.481 e. The lowest BCUT2D eigenvalue weighted by molar-refractivity contribution is -0.142. The summed E-state index contributed by atoms with van der Waals surface area (Å²) < 4.78 is 0.